The molecule has 2 aromatic heterocycles. The maximum absolute atomic E-state index is 5.33. The molecule has 3 rings (SSSR count). The predicted octanol–water partition coefficient (Wildman–Crippen LogP) is 4.80. The molecular formula is C16H16IN3OS. The minimum atomic E-state index is 0.413. The second-order valence-electron chi connectivity index (χ2n) is 5.41. The maximum Gasteiger partial charge on any atom is 0.190 e. The highest BCUT2D eigenvalue weighted by atomic mass is 127. The summed E-state index contributed by atoms with van der Waals surface area (Å²) in [5.41, 5.74) is 3.12. The molecule has 4 nitrogen and oxygen atoms in total. The van der Waals surface area contributed by atoms with Gasteiger partial charge in [-0.15, -0.1) is 11.3 Å². The van der Waals surface area contributed by atoms with Gasteiger partial charge in [0, 0.05) is 10.8 Å². The second kappa shape index (κ2) is 6.08. The lowest BCUT2D eigenvalue weighted by molar-refractivity contribution is 0.415. The SMILES string of the molecule is COc1cc(C)c2nc(-c3nc(C(C)C)cs3)nc(I)c2c1. The van der Waals surface area contributed by atoms with Crippen molar-refractivity contribution in [3.05, 3.63) is 32.5 Å². The Labute approximate surface area is 147 Å². The van der Waals surface area contributed by atoms with E-state index in [2.05, 4.69) is 51.8 Å². The van der Waals surface area contributed by atoms with E-state index >= 15 is 0 Å². The molecule has 0 aliphatic rings. The first-order chi connectivity index (χ1) is 10.5. The molecule has 0 spiro atoms. The zero-order valence-electron chi connectivity index (χ0n) is 12.8. The fourth-order valence-electron chi connectivity index (χ4n) is 2.20. The molecule has 0 saturated heterocycles. The van der Waals surface area contributed by atoms with Crippen LogP contribution in [0, 0.1) is 10.6 Å². The van der Waals surface area contributed by atoms with Crippen molar-refractivity contribution in [2.45, 2.75) is 26.7 Å². The molecule has 22 heavy (non-hydrogen) atoms. The summed E-state index contributed by atoms with van der Waals surface area (Å²) >= 11 is 3.85. The summed E-state index contributed by atoms with van der Waals surface area (Å²) in [6.07, 6.45) is 0. The van der Waals surface area contributed by atoms with E-state index in [9.17, 15) is 0 Å². The van der Waals surface area contributed by atoms with Gasteiger partial charge in [0.2, 0.25) is 0 Å². The molecule has 1 aromatic carbocycles. The fraction of sp³-hybridized carbons (Fsp3) is 0.312. The van der Waals surface area contributed by atoms with Crippen molar-refractivity contribution >= 4 is 44.8 Å². The van der Waals surface area contributed by atoms with Gasteiger partial charge in [0.25, 0.3) is 0 Å². The number of halogens is 1. The van der Waals surface area contributed by atoms with Crippen LogP contribution in [0.25, 0.3) is 21.7 Å². The predicted molar refractivity (Wildman–Crippen MR) is 98.7 cm³/mol. The average Bonchev–Trinajstić information content (AvgIpc) is 2.97. The van der Waals surface area contributed by atoms with Gasteiger partial charge in [0.05, 0.1) is 18.3 Å². The molecule has 2 heterocycles. The van der Waals surface area contributed by atoms with Crippen LogP contribution in [0.4, 0.5) is 0 Å². The number of fused-ring (bicyclic) bond motifs is 1. The Morgan fingerprint density at radius 3 is 2.59 bits per heavy atom. The molecule has 0 aliphatic carbocycles. The van der Waals surface area contributed by atoms with Gasteiger partial charge in [-0.05, 0) is 53.1 Å². The van der Waals surface area contributed by atoms with Gasteiger partial charge in [0.1, 0.15) is 9.45 Å². The van der Waals surface area contributed by atoms with Crippen LogP contribution in [-0.2, 0) is 0 Å². The van der Waals surface area contributed by atoms with Gasteiger partial charge in [-0.3, -0.25) is 0 Å². The largest absolute Gasteiger partial charge is 0.497 e. The van der Waals surface area contributed by atoms with Gasteiger partial charge in [-0.1, -0.05) is 13.8 Å². The summed E-state index contributed by atoms with van der Waals surface area (Å²) in [5, 5.41) is 3.97. The molecule has 0 amide bonds. The van der Waals surface area contributed by atoms with E-state index in [0.717, 1.165) is 36.6 Å². The number of aromatic nitrogens is 3. The minimum absolute atomic E-state index is 0.413. The van der Waals surface area contributed by atoms with E-state index in [1.54, 1.807) is 18.4 Å². The van der Waals surface area contributed by atoms with Gasteiger partial charge < -0.3 is 4.74 Å². The maximum atomic E-state index is 5.33. The molecule has 0 N–H and O–H groups in total. The minimum Gasteiger partial charge on any atom is -0.497 e. The van der Waals surface area contributed by atoms with E-state index in [1.807, 2.05) is 19.1 Å². The number of benzene rings is 1. The van der Waals surface area contributed by atoms with Crippen molar-refractivity contribution in [2.75, 3.05) is 7.11 Å². The van der Waals surface area contributed by atoms with Crippen LogP contribution < -0.4 is 4.74 Å². The number of methoxy groups -OCH3 is 1. The molecule has 0 atom stereocenters. The van der Waals surface area contributed by atoms with Gasteiger partial charge in [-0.25, -0.2) is 15.0 Å². The Bertz CT molecular complexity index is 845. The van der Waals surface area contributed by atoms with Gasteiger partial charge in [0.15, 0.2) is 10.8 Å². The third-order valence-corrected chi connectivity index (χ3v) is 5.14. The van der Waals surface area contributed by atoms with Crippen LogP contribution in [0.3, 0.4) is 0 Å². The number of nitrogens with zero attached hydrogens (tertiary/aromatic N) is 3. The summed E-state index contributed by atoms with van der Waals surface area (Å²) < 4.78 is 6.25. The monoisotopic (exact) mass is 425 g/mol. The molecule has 0 aliphatic heterocycles. The van der Waals surface area contributed by atoms with E-state index in [0.29, 0.717) is 11.7 Å². The summed E-state index contributed by atoms with van der Waals surface area (Å²) in [7, 11) is 1.67. The topological polar surface area (TPSA) is 47.9 Å². The average molecular weight is 425 g/mol. The Hall–Kier alpha value is -1.28. The van der Waals surface area contributed by atoms with Gasteiger partial charge >= 0.3 is 0 Å². The first kappa shape index (κ1) is 15.6. The highest BCUT2D eigenvalue weighted by molar-refractivity contribution is 14.1. The van der Waals surface area contributed by atoms with E-state index in [-0.39, 0.29) is 0 Å². The normalized spacial score (nSPS) is 11.4. The lowest BCUT2D eigenvalue weighted by Gasteiger charge is -2.08. The first-order valence-electron chi connectivity index (χ1n) is 6.97. The third kappa shape index (κ3) is 2.81. The molecule has 0 radical (unpaired) electrons. The first-order valence-corrected chi connectivity index (χ1v) is 8.93. The number of thiazole rings is 1. The van der Waals surface area contributed by atoms with E-state index < -0.39 is 0 Å². The fourth-order valence-corrected chi connectivity index (χ4v) is 3.76. The van der Waals surface area contributed by atoms with Crippen molar-refractivity contribution in [2.24, 2.45) is 0 Å². The summed E-state index contributed by atoms with van der Waals surface area (Å²) in [4.78, 5) is 14.0. The molecule has 3 aromatic rings. The van der Waals surface area contributed by atoms with Crippen molar-refractivity contribution in [1.29, 1.82) is 0 Å². The van der Waals surface area contributed by atoms with Crippen molar-refractivity contribution < 1.29 is 4.74 Å². The number of hydrogen-bond acceptors (Lipinski definition) is 5. The second-order valence-corrected chi connectivity index (χ2v) is 7.29. The van der Waals surface area contributed by atoms with E-state index in [4.69, 9.17) is 9.72 Å². The standard InChI is InChI=1S/C16H16IN3OS/c1-8(2)12-7-22-16(18-12)15-19-13-9(3)5-10(21-4)6-11(13)14(17)20-15/h5-8H,1-4H3. The Kier molecular flexibility index (Phi) is 4.31. The van der Waals surface area contributed by atoms with E-state index in [1.165, 1.54) is 0 Å². The van der Waals surface area contributed by atoms with Crippen LogP contribution in [0.15, 0.2) is 17.5 Å². The molecule has 6 heteroatoms. The van der Waals surface area contributed by atoms with Gasteiger partial charge in [-0.2, -0.15) is 0 Å². The highest BCUT2D eigenvalue weighted by Gasteiger charge is 2.14. The molecular weight excluding hydrogens is 409 g/mol. The number of ether oxygens (including phenoxy) is 1. The van der Waals surface area contributed by atoms with Crippen LogP contribution in [0.1, 0.15) is 31.0 Å². The molecule has 0 saturated carbocycles. The smallest absolute Gasteiger partial charge is 0.190 e. The lowest BCUT2D eigenvalue weighted by atomic mass is 10.1. The summed E-state index contributed by atoms with van der Waals surface area (Å²) in [6, 6.07) is 3.98. The Morgan fingerprint density at radius 1 is 1.18 bits per heavy atom. The lowest BCUT2D eigenvalue weighted by Crippen LogP contribution is -1.97. The van der Waals surface area contributed by atoms with Crippen molar-refractivity contribution in [1.82, 2.24) is 15.0 Å². The summed E-state index contributed by atoms with van der Waals surface area (Å²) in [6.45, 7) is 6.32. The number of hydrogen-bond donors (Lipinski definition) is 0. The third-order valence-electron chi connectivity index (χ3n) is 3.46. The zero-order chi connectivity index (χ0) is 15.9. The molecule has 0 bridgehead atoms. The highest BCUT2D eigenvalue weighted by Crippen LogP contribution is 2.30. The van der Waals surface area contributed by atoms with Crippen molar-refractivity contribution in [3.8, 4) is 16.6 Å². The Morgan fingerprint density at radius 2 is 1.95 bits per heavy atom. The van der Waals surface area contributed by atoms with Crippen LogP contribution in [0.2, 0.25) is 0 Å². The van der Waals surface area contributed by atoms with Crippen LogP contribution in [0.5, 0.6) is 5.75 Å². The number of aryl methyl sites for hydroxylation is 1. The zero-order valence-corrected chi connectivity index (χ0v) is 15.8. The van der Waals surface area contributed by atoms with Crippen molar-refractivity contribution in [3.63, 3.8) is 0 Å². The Balaban J connectivity index is 2.17. The van der Waals surface area contributed by atoms with Crippen LogP contribution in [-0.4, -0.2) is 22.1 Å². The molecule has 0 unspecified atom stereocenters. The molecule has 0 fully saturated rings. The summed E-state index contributed by atoms with van der Waals surface area (Å²) in [5.74, 6) is 1.94. The van der Waals surface area contributed by atoms with Crippen LogP contribution >= 0.6 is 33.9 Å². The molecule has 114 valence electrons. The number of rotatable bonds is 3. The quantitative estimate of drug-likeness (QED) is 0.447.